The van der Waals surface area contributed by atoms with Crippen LogP contribution in [0.3, 0.4) is 0 Å². The van der Waals surface area contributed by atoms with Gasteiger partial charge in [-0.1, -0.05) is 6.07 Å². The lowest BCUT2D eigenvalue weighted by Gasteiger charge is -2.08. The Bertz CT molecular complexity index is 1100. The van der Waals surface area contributed by atoms with Gasteiger partial charge in [0.25, 0.3) is 11.6 Å². The van der Waals surface area contributed by atoms with E-state index >= 15 is 0 Å². The topological polar surface area (TPSA) is 171 Å². The second kappa shape index (κ2) is 10.2. The number of carbonyl (C=O) groups is 3. The molecule has 0 aliphatic heterocycles. The Kier molecular flexibility index (Phi) is 7.63. The van der Waals surface area contributed by atoms with Crippen LogP contribution < -0.4 is 14.8 Å². The Hall–Kier alpha value is -4.00. The summed E-state index contributed by atoms with van der Waals surface area (Å²) in [6, 6.07) is 8.33. The van der Waals surface area contributed by atoms with Gasteiger partial charge in [-0.15, -0.1) is 0 Å². The molecule has 2 N–H and O–H groups in total. The summed E-state index contributed by atoms with van der Waals surface area (Å²) < 4.78 is 34.3. The van der Waals surface area contributed by atoms with Crippen LogP contribution in [-0.2, 0) is 19.6 Å². The molecule has 0 saturated carbocycles. The van der Waals surface area contributed by atoms with Crippen molar-refractivity contribution in [1.82, 2.24) is 10.6 Å². The minimum Gasteiger partial charge on any atom is -0.452 e. The number of urea groups is 1. The fourth-order valence-electron chi connectivity index (χ4n) is 2.16. The van der Waals surface area contributed by atoms with E-state index in [1.807, 2.05) is 5.32 Å². The first-order chi connectivity index (χ1) is 14.6. The number of nitro benzene ring substituents is 1. The van der Waals surface area contributed by atoms with E-state index < -0.39 is 50.1 Å². The van der Waals surface area contributed by atoms with Crippen molar-refractivity contribution in [3.8, 4) is 5.75 Å². The molecule has 2 aromatic carbocycles. The molecule has 164 valence electrons. The van der Waals surface area contributed by atoms with Gasteiger partial charge < -0.3 is 14.2 Å². The van der Waals surface area contributed by atoms with Gasteiger partial charge in [0.05, 0.1) is 10.5 Å². The fraction of sp³-hybridized carbons (Fsp3) is 0.167. The van der Waals surface area contributed by atoms with Gasteiger partial charge in [-0.2, -0.15) is 8.42 Å². The number of nitro groups is 1. The molecule has 0 aromatic heterocycles. The number of ether oxygens (including phenoxy) is 1. The third-order valence-electron chi connectivity index (χ3n) is 3.54. The molecule has 3 amide bonds. The standard InChI is InChI=1S/C18H17N3O9S/c1-2-19-18(24)20-16(22)11-29-17(23)12-6-8-14(9-7-12)30-31(27,28)15-5-3-4-13(10-15)21(25)26/h3-10H,2,11H2,1H3,(H2,19,20,22,24). The van der Waals surface area contributed by atoms with Gasteiger partial charge in [0.15, 0.2) is 6.61 Å². The summed E-state index contributed by atoms with van der Waals surface area (Å²) in [6.07, 6.45) is 0. The summed E-state index contributed by atoms with van der Waals surface area (Å²) in [5, 5.41) is 15.1. The summed E-state index contributed by atoms with van der Waals surface area (Å²) in [7, 11) is -4.35. The number of imide groups is 1. The van der Waals surface area contributed by atoms with E-state index in [9.17, 15) is 32.9 Å². The molecule has 0 fully saturated rings. The van der Waals surface area contributed by atoms with Gasteiger partial charge in [0, 0.05) is 18.7 Å². The van der Waals surface area contributed by atoms with Crippen molar-refractivity contribution < 1.29 is 36.6 Å². The van der Waals surface area contributed by atoms with E-state index in [2.05, 4.69) is 5.32 Å². The Morgan fingerprint density at radius 2 is 1.77 bits per heavy atom. The first kappa shape index (κ1) is 23.3. The van der Waals surface area contributed by atoms with Gasteiger partial charge in [0.2, 0.25) is 0 Å². The van der Waals surface area contributed by atoms with Crippen molar-refractivity contribution in [3.63, 3.8) is 0 Å². The summed E-state index contributed by atoms with van der Waals surface area (Å²) in [5.74, 6) is -1.88. The average Bonchev–Trinajstić information content (AvgIpc) is 2.72. The summed E-state index contributed by atoms with van der Waals surface area (Å²) in [4.78, 5) is 44.3. The van der Waals surface area contributed by atoms with E-state index in [-0.39, 0.29) is 11.3 Å². The van der Waals surface area contributed by atoms with Gasteiger partial charge in [-0.3, -0.25) is 20.2 Å². The predicted octanol–water partition coefficient (Wildman–Crippen LogP) is 1.36. The third kappa shape index (κ3) is 6.78. The highest BCUT2D eigenvalue weighted by atomic mass is 32.2. The van der Waals surface area contributed by atoms with Gasteiger partial charge in [-0.25, -0.2) is 9.59 Å². The monoisotopic (exact) mass is 451 g/mol. The number of non-ortho nitro benzene ring substituents is 1. The molecule has 0 heterocycles. The van der Waals surface area contributed by atoms with Crippen LogP contribution in [0.1, 0.15) is 17.3 Å². The van der Waals surface area contributed by atoms with Crippen LogP contribution in [0.2, 0.25) is 0 Å². The molecule has 0 bridgehead atoms. The molecule has 0 aliphatic carbocycles. The van der Waals surface area contributed by atoms with Gasteiger partial charge in [0.1, 0.15) is 10.6 Å². The zero-order valence-electron chi connectivity index (χ0n) is 16.1. The fourth-order valence-corrected chi connectivity index (χ4v) is 3.13. The molecule has 0 saturated heterocycles. The number of rotatable bonds is 8. The maximum atomic E-state index is 12.3. The van der Waals surface area contributed by atoms with Crippen LogP contribution in [0.25, 0.3) is 0 Å². The Morgan fingerprint density at radius 3 is 2.39 bits per heavy atom. The Balaban J connectivity index is 1.99. The molecular formula is C18H17N3O9S. The van der Waals surface area contributed by atoms with Crippen LogP contribution in [0, 0.1) is 10.1 Å². The van der Waals surface area contributed by atoms with Crippen molar-refractivity contribution in [2.75, 3.05) is 13.2 Å². The van der Waals surface area contributed by atoms with E-state index in [0.29, 0.717) is 6.54 Å². The minimum absolute atomic E-state index is 0.00842. The van der Waals surface area contributed by atoms with Crippen LogP contribution in [0.4, 0.5) is 10.5 Å². The second-order valence-electron chi connectivity index (χ2n) is 5.80. The highest BCUT2D eigenvalue weighted by Gasteiger charge is 2.20. The lowest BCUT2D eigenvalue weighted by atomic mass is 10.2. The van der Waals surface area contributed by atoms with Crippen LogP contribution in [0.5, 0.6) is 5.75 Å². The molecule has 12 nitrogen and oxygen atoms in total. The summed E-state index contributed by atoms with van der Waals surface area (Å²) >= 11 is 0. The van der Waals surface area contributed by atoms with Crippen LogP contribution in [0.15, 0.2) is 53.4 Å². The van der Waals surface area contributed by atoms with Gasteiger partial charge in [-0.05, 0) is 37.3 Å². The zero-order valence-corrected chi connectivity index (χ0v) is 16.9. The van der Waals surface area contributed by atoms with E-state index in [4.69, 9.17) is 8.92 Å². The largest absolute Gasteiger partial charge is 0.452 e. The molecule has 0 aliphatic rings. The Morgan fingerprint density at radius 1 is 1.10 bits per heavy atom. The first-order valence-electron chi connectivity index (χ1n) is 8.66. The van der Waals surface area contributed by atoms with Crippen molar-refractivity contribution >= 4 is 33.7 Å². The van der Waals surface area contributed by atoms with Crippen molar-refractivity contribution in [3.05, 3.63) is 64.2 Å². The number of amides is 3. The third-order valence-corrected chi connectivity index (χ3v) is 4.78. The smallest absolute Gasteiger partial charge is 0.339 e. The normalized spacial score (nSPS) is 10.6. The zero-order chi connectivity index (χ0) is 23.0. The highest BCUT2D eigenvalue weighted by molar-refractivity contribution is 7.87. The number of hydrogen-bond donors (Lipinski definition) is 2. The maximum absolute atomic E-state index is 12.3. The molecule has 2 rings (SSSR count). The molecule has 0 atom stereocenters. The number of nitrogens with zero attached hydrogens (tertiary/aromatic N) is 1. The first-order valence-corrected chi connectivity index (χ1v) is 10.1. The SMILES string of the molecule is CCNC(=O)NC(=O)COC(=O)c1ccc(OS(=O)(=O)c2cccc([N+](=O)[O-])c2)cc1. The number of benzene rings is 2. The Labute approximate surface area is 176 Å². The minimum atomic E-state index is -4.35. The maximum Gasteiger partial charge on any atom is 0.339 e. The summed E-state index contributed by atoms with van der Waals surface area (Å²) in [5.41, 5.74) is -0.426. The van der Waals surface area contributed by atoms with E-state index in [0.717, 1.165) is 18.2 Å². The molecular weight excluding hydrogens is 434 g/mol. The van der Waals surface area contributed by atoms with Crippen LogP contribution >= 0.6 is 0 Å². The number of nitrogens with one attached hydrogen (secondary N) is 2. The number of esters is 1. The lowest BCUT2D eigenvalue weighted by Crippen LogP contribution is -2.41. The molecule has 0 radical (unpaired) electrons. The van der Waals surface area contributed by atoms with Crippen molar-refractivity contribution in [2.24, 2.45) is 0 Å². The van der Waals surface area contributed by atoms with Crippen molar-refractivity contribution in [2.45, 2.75) is 11.8 Å². The molecule has 2 aromatic rings. The average molecular weight is 451 g/mol. The quantitative estimate of drug-likeness (QED) is 0.260. The van der Waals surface area contributed by atoms with Crippen LogP contribution in [-0.4, -0.2) is 44.4 Å². The summed E-state index contributed by atoms with van der Waals surface area (Å²) in [6.45, 7) is 1.27. The van der Waals surface area contributed by atoms with E-state index in [1.54, 1.807) is 6.92 Å². The lowest BCUT2D eigenvalue weighted by molar-refractivity contribution is -0.385. The van der Waals surface area contributed by atoms with Gasteiger partial charge >= 0.3 is 22.1 Å². The molecule has 31 heavy (non-hydrogen) atoms. The highest BCUT2D eigenvalue weighted by Crippen LogP contribution is 2.22. The molecule has 0 spiro atoms. The molecule has 0 unspecified atom stereocenters. The molecule has 13 heteroatoms. The predicted molar refractivity (Wildman–Crippen MR) is 105 cm³/mol. The number of hydrogen-bond acceptors (Lipinski definition) is 9. The van der Waals surface area contributed by atoms with Crippen molar-refractivity contribution in [1.29, 1.82) is 0 Å². The van der Waals surface area contributed by atoms with E-state index in [1.165, 1.54) is 30.3 Å². The second-order valence-corrected chi connectivity index (χ2v) is 7.35. The number of carbonyl (C=O) groups excluding carboxylic acids is 3.